The first-order chi connectivity index (χ1) is 31.2. The Morgan fingerprint density at radius 2 is 0.429 bits per heavy atom. The molecule has 0 N–H and O–H groups in total. The van der Waals surface area contributed by atoms with Gasteiger partial charge in [0, 0.05) is 49.4 Å². The second kappa shape index (κ2) is 14.1. The summed E-state index contributed by atoms with van der Waals surface area (Å²) in [5.41, 5.74) is 17.9. The molecule has 0 saturated carbocycles. The fourth-order valence-corrected chi connectivity index (χ4v) is 10.1. The predicted octanol–water partition coefficient (Wildman–Crippen LogP) is 16.0. The van der Waals surface area contributed by atoms with Crippen molar-refractivity contribution in [3.8, 4) is 50.4 Å². The monoisotopic (exact) mass is 801 g/mol. The minimum atomic E-state index is 1.14. The third-order valence-corrected chi connectivity index (χ3v) is 13.1. The van der Waals surface area contributed by atoms with Crippen molar-refractivity contribution in [2.45, 2.75) is 0 Å². The van der Waals surface area contributed by atoms with Gasteiger partial charge in [0.25, 0.3) is 0 Å². The van der Waals surface area contributed by atoms with Crippen molar-refractivity contribution < 1.29 is 0 Å². The first kappa shape index (κ1) is 35.4. The van der Waals surface area contributed by atoms with Crippen molar-refractivity contribution in [3.63, 3.8) is 0 Å². The van der Waals surface area contributed by atoms with Crippen molar-refractivity contribution in [1.82, 2.24) is 13.7 Å². The normalized spacial score (nSPS) is 11.8. The van der Waals surface area contributed by atoms with Gasteiger partial charge in [-0.25, -0.2) is 0 Å². The maximum atomic E-state index is 2.42. The number of hydrogen-bond acceptors (Lipinski definition) is 0. The fourth-order valence-electron chi connectivity index (χ4n) is 10.1. The molecule has 0 fully saturated rings. The SMILES string of the molecule is c1ccc(-c2ccc(-n3c4ccc(-c5ccccc5)cc4c4cc(-c5ccc6c(c5)c5ccccc5n6-c5ccc(-n6c7ccccc7c7ccccc76)cc5)ccc43)cc2)cc1. The van der Waals surface area contributed by atoms with E-state index in [1.54, 1.807) is 0 Å². The van der Waals surface area contributed by atoms with E-state index in [0.717, 1.165) is 17.1 Å². The van der Waals surface area contributed by atoms with Gasteiger partial charge in [-0.2, -0.15) is 0 Å². The topological polar surface area (TPSA) is 14.8 Å². The molecule has 13 aromatic rings. The average molecular weight is 802 g/mol. The van der Waals surface area contributed by atoms with Gasteiger partial charge in [0.2, 0.25) is 0 Å². The highest BCUT2D eigenvalue weighted by Gasteiger charge is 2.18. The minimum absolute atomic E-state index is 1.14. The molecule has 0 aliphatic heterocycles. The molecule has 13 rings (SSSR count). The summed E-state index contributed by atoms with van der Waals surface area (Å²) in [6.45, 7) is 0. The van der Waals surface area contributed by atoms with Crippen LogP contribution < -0.4 is 0 Å². The zero-order chi connectivity index (χ0) is 41.4. The Morgan fingerprint density at radius 3 is 0.841 bits per heavy atom. The summed E-state index contributed by atoms with van der Waals surface area (Å²) in [5.74, 6) is 0. The molecule has 0 spiro atoms. The lowest BCUT2D eigenvalue weighted by Crippen LogP contribution is -1.97. The molecule has 3 heteroatoms. The molecule has 0 atom stereocenters. The van der Waals surface area contributed by atoms with Crippen LogP contribution in [0.5, 0.6) is 0 Å². The second-order valence-electron chi connectivity index (χ2n) is 16.5. The van der Waals surface area contributed by atoms with Crippen LogP contribution in [0.25, 0.3) is 116 Å². The number of aromatic nitrogens is 3. The van der Waals surface area contributed by atoms with E-state index in [4.69, 9.17) is 0 Å². The van der Waals surface area contributed by atoms with E-state index < -0.39 is 0 Å². The zero-order valence-corrected chi connectivity index (χ0v) is 34.4. The zero-order valence-electron chi connectivity index (χ0n) is 34.4. The van der Waals surface area contributed by atoms with Gasteiger partial charge in [0.15, 0.2) is 0 Å². The van der Waals surface area contributed by atoms with E-state index in [1.165, 1.54) is 98.8 Å². The summed E-state index contributed by atoms with van der Waals surface area (Å²) in [6, 6.07) is 86.4. The highest BCUT2D eigenvalue weighted by molar-refractivity contribution is 6.14. The third-order valence-electron chi connectivity index (χ3n) is 13.1. The molecule has 0 radical (unpaired) electrons. The first-order valence-corrected chi connectivity index (χ1v) is 21.7. The maximum Gasteiger partial charge on any atom is 0.0541 e. The molecule has 0 unspecified atom stereocenters. The molecule has 0 amide bonds. The highest BCUT2D eigenvalue weighted by atomic mass is 15.0. The van der Waals surface area contributed by atoms with E-state index in [-0.39, 0.29) is 0 Å². The summed E-state index contributed by atoms with van der Waals surface area (Å²) in [5, 5.41) is 7.49. The molecule has 0 aliphatic rings. The Balaban J connectivity index is 0.938. The molecular weight excluding hydrogens is 763 g/mol. The van der Waals surface area contributed by atoms with E-state index >= 15 is 0 Å². The number of para-hydroxylation sites is 3. The lowest BCUT2D eigenvalue weighted by molar-refractivity contribution is 1.14. The lowest BCUT2D eigenvalue weighted by atomic mass is 9.99. The van der Waals surface area contributed by atoms with Crippen molar-refractivity contribution >= 4 is 65.4 Å². The van der Waals surface area contributed by atoms with Gasteiger partial charge in [0.1, 0.15) is 0 Å². The Kier molecular flexibility index (Phi) is 7.91. The summed E-state index contributed by atoms with van der Waals surface area (Å²) in [4.78, 5) is 0. The summed E-state index contributed by atoms with van der Waals surface area (Å²) in [6.07, 6.45) is 0. The fraction of sp³-hybridized carbons (Fsp3) is 0. The van der Waals surface area contributed by atoms with Crippen LogP contribution in [0.4, 0.5) is 0 Å². The van der Waals surface area contributed by atoms with Crippen molar-refractivity contribution in [1.29, 1.82) is 0 Å². The van der Waals surface area contributed by atoms with Crippen molar-refractivity contribution in [3.05, 3.63) is 237 Å². The molecule has 0 aliphatic carbocycles. The van der Waals surface area contributed by atoms with E-state index in [1.807, 2.05) is 0 Å². The van der Waals surface area contributed by atoms with Crippen LogP contribution in [0.3, 0.4) is 0 Å². The Morgan fingerprint density at radius 1 is 0.175 bits per heavy atom. The lowest BCUT2D eigenvalue weighted by Gasteiger charge is -2.12. The average Bonchev–Trinajstić information content (AvgIpc) is 4.00. The predicted molar refractivity (Wildman–Crippen MR) is 266 cm³/mol. The molecule has 294 valence electrons. The van der Waals surface area contributed by atoms with Gasteiger partial charge < -0.3 is 13.7 Å². The smallest absolute Gasteiger partial charge is 0.0541 e. The van der Waals surface area contributed by atoms with Gasteiger partial charge >= 0.3 is 0 Å². The van der Waals surface area contributed by atoms with Gasteiger partial charge in [0.05, 0.1) is 33.1 Å². The summed E-state index contributed by atoms with van der Waals surface area (Å²) < 4.78 is 7.21. The number of hydrogen-bond donors (Lipinski definition) is 0. The number of nitrogens with zero attached hydrogens (tertiary/aromatic N) is 3. The van der Waals surface area contributed by atoms with Crippen molar-refractivity contribution in [2.75, 3.05) is 0 Å². The number of rotatable bonds is 6. The molecule has 0 saturated heterocycles. The Bertz CT molecular complexity index is 3810. The van der Waals surface area contributed by atoms with E-state index in [2.05, 4.69) is 250 Å². The maximum absolute atomic E-state index is 2.42. The minimum Gasteiger partial charge on any atom is -0.309 e. The van der Waals surface area contributed by atoms with Crippen LogP contribution in [-0.2, 0) is 0 Å². The van der Waals surface area contributed by atoms with Gasteiger partial charge in [-0.05, 0) is 124 Å². The molecule has 0 bridgehead atoms. The second-order valence-corrected chi connectivity index (χ2v) is 16.5. The largest absolute Gasteiger partial charge is 0.309 e. The quantitative estimate of drug-likeness (QED) is 0.159. The van der Waals surface area contributed by atoms with Crippen molar-refractivity contribution in [2.24, 2.45) is 0 Å². The van der Waals surface area contributed by atoms with Crippen LogP contribution in [0.2, 0.25) is 0 Å². The van der Waals surface area contributed by atoms with Crippen LogP contribution in [0.15, 0.2) is 237 Å². The van der Waals surface area contributed by atoms with Gasteiger partial charge in [-0.15, -0.1) is 0 Å². The highest BCUT2D eigenvalue weighted by Crippen LogP contribution is 2.40. The summed E-state index contributed by atoms with van der Waals surface area (Å²) >= 11 is 0. The number of benzene rings is 10. The van der Waals surface area contributed by atoms with Gasteiger partial charge in [-0.1, -0.05) is 146 Å². The molecule has 3 aromatic heterocycles. The van der Waals surface area contributed by atoms with Crippen LogP contribution >= 0.6 is 0 Å². The van der Waals surface area contributed by atoms with E-state index in [0.29, 0.717) is 0 Å². The Labute approximate surface area is 364 Å². The third kappa shape index (κ3) is 5.60. The first-order valence-electron chi connectivity index (χ1n) is 21.7. The standard InChI is InChI=1S/C60H39N3/c1-3-13-40(14-4-1)42-23-28-46(29-24-42)63-59-34-25-43(41-15-5-2-6-16-41)37-53(59)54-39-45(27-36-60(54)63)44-26-35-58-52(38-44)51-19-9-12-22-57(51)62(58)48-32-30-47(31-33-48)61-55-20-10-7-17-49(55)50-18-8-11-21-56(50)61/h1-39H. The summed E-state index contributed by atoms with van der Waals surface area (Å²) in [7, 11) is 0. The number of fused-ring (bicyclic) bond motifs is 9. The van der Waals surface area contributed by atoms with Crippen LogP contribution in [0, 0.1) is 0 Å². The van der Waals surface area contributed by atoms with Gasteiger partial charge in [-0.3, -0.25) is 0 Å². The molecule has 10 aromatic carbocycles. The van der Waals surface area contributed by atoms with E-state index in [9.17, 15) is 0 Å². The van der Waals surface area contributed by atoms with Crippen LogP contribution in [0.1, 0.15) is 0 Å². The molecule has 3 heterocycles. The molecular formula is C60H39N3. The molecule has 63 heavy (non-hydrogen) atoms. The van der Waals surface area contributed by atoms with Crippen LogP contribution in [-0.4, -0.2) is 13.7 Å². The Hall–Kier alpha value is -8.40. The molecule has 3 nitrogen and oxygen atoms in total.